The van der Waals surface area contributed by atoms with E-state index in [0.717, 1.165) is 57.5 Å². The smallest absolute Gasteiger partial charge is 0.231 e. The SMILES string of the molecule is CCCCCOc1ccc(/C(C#N)=C/c2cc3sc(N=Nc4ccc(N(CC)CC)cc4)nc3s2)cc1. The van der Waals surface area contributed by atoms with Crippen LogP contribution in [0.5, 0.6) is 5.75 Å². The minimum Gasteiger partial charge on any atom is -0.494 e. The van der Waals surface area contributed by atoms with E-state index in [9.17, 15) is 5.26 Å². The number of benzene rings is 2. The molecule has 0 unspecified atom stereocenters. The molecule has 2 aromatic heterocycles. The molecule has 4 aromatic rings. The van der Waals surface area contributed by atoms with Gasteiger partial charge in [0, 0.05) is 23.7 Å². The summed E-state index contributed by atoms with van der Waals surface area (Å²) in [6.07, 6.45) is 5.31. The summed E-state index contributed by atoms with van der Waals surface area (Å²) in [6, 6.07) is 20.2. The van der Waals surface area contributed by atoms with E-state index in [0.29, 0.717) is 10.7 Å². The quantitative estimate of drug-likeness (QED) is 0.104. The van der Waals surface area contributed by atoms with Gasteiger partial charge in [0.1, 0.15) is 10.6 Å². The Morgan fingerprint density at radius 1 is 1.00 bits per heavy atom. The van der Waals surface area contributed by atoms with Crippen LogP contribution in [0.3, 0.4) is 0 Å². The highest BCUT2D eigenvalue weighted by Gasteiger charge is 2.10. The fourth-order valence-corrected chi connectivity index (χ4v) is 5.85. The molecule has 37 heavy (non-hydrogen) atoms. The number of hydrogen-bond donors (Lipinski definition) is 0. The van der Waals surface area contributed by atoms with Crippen molar-refractivity contribution in [2.75, 3.05) is 24.6 Å². The maximum Gasteiger partial charge on any atom is 0.231 e. The van der Waals surface area contributed by atoms with Crippen LogP contribution < -0.4 is 9.64 Å². The topological polar surface area (TPSA) is 73.9 Å². The van der Waals surface area contributed by atoms with Crippen molar-refractivity contribution in [3.8, 4) is 11.8 Å². The Labute approximate surface area is 226 Å². The van der Waals surface area contributed by atoms with Crippen LogP contribution in [0.4, 0.5) is 16.5 Å². The summed E-state index contributed by atoms with van der Waals surface area (Å²) in [5.41, 5.74) is 3.46. The van der Waals surface area contributed by atoms with Crippen LogP contribution in [0.1, 0.15) is 50.5 Å². The van der Waals surface area contributed by atoms with Gasteiger partial charge in [-0.05, 0) is 86.5 Å². The van der Waals surface area contributed by atoms with E-state index < -0.39 is 0 Å². The largest absolute Gasteiger partial charge is 0.494 e. The lowest BCUT2D eigenvalue weighted by atomic mass is 10.1. The van der Waals surface area contributed by atoms with Crippen molar-refractivity contribution in [3.63, 3.8) is 0 Å². The zero-order valence-corrected chi connectivity index (χ0v) is 23.1. The van der Waals surface area contributed by atoms with Gasteiger partial charge >= 0.3 is 0 Å². The van der Waals surface area contributed by atoms with Crippen molar-refractivity contribution in [1.82, 2.24) is 4.98 Å². The highest BCUT2D eigenvalue weighted by molar-refractivity contribution is 7.29. The molecule has 0 amide bonds. The third-order valence-electron chi connectivity index (χ3n) is 5.92. The first-order chi connectivity index (χ1) is 18.1. The molecule has 6 nitrogen and oxygen atoms in total. The molecule has 2 aromatic carbocycles. The van der Waals surface area contributed by atoms with Gasteiger partial charge in [-0.2, -0.15) is 5.26 Å². The molecule has 8 heteroatoms. The van der Waals surface area contributed by atoms with Gasteiger partial charge in [0.05, 0.1) is 28.6 Å². The van der Waals surface area contributed by atoms with E-state index in [2.05, 4.69) is 65.2 Å². The summed E-state index contributed by atoms with van der Waals surface area (Å²) in [7, 11) is 0. The van der Waals surface area contributed by atoms with Crippen LogP contribution in [-0.2, 0) is 0 Å². The highest BCUT2D eigenvalue weighted by atomic mass is 32.1. The van der Waals surface area contributed by atoms with Gasteiger partial charge in [0.2, 0.25) is 5.13 Å². The molecule has 0 bridgehead atoms. The van der Waals surface area contributed by atoms with Gasteiger partial charge in [-0.15, -0.1) is 21.6 Å². The van der Waals surface area contributed by atoms with Crippen LogP contribution >= 0.6 is 22.7 Å². The molecule has 2 heterocycles. The lowest BCUT2D eigenvalue weighted by molar-refractivity contribution is 0.306. The Hall–Kier alpha value is -3.54. The van der Waals surface area contributed by atoms with Gasteiger partial charge in [0.15, 0.2) is 0 Å². The minimum absolute atomic E-state index is 0.611. The molecule has 190 valence electrons. The van der Waals surface area contributed by atoms with E-state index in [1.54, 1.807) is 11.3 Å². The molecule has 0 atom stereocenters. The number of azo groups is 1. The van der Waals surface area contributed by atoms with Gasteiger partial charge in [-0.1, -0.05) is 31.1 Å². The summed E-state index contributed by atoms with van der Waals surface area (Å²) >= 11 is 3.05. The lowest BCUT2D eigenvalue weighted by Gasteiger charge is -2.20. The lowest BCUT2D eigenvalue weighted by Crippen LogP contribution is -2.21. The predicted octanol–water partition coefficient (Wildman–Crippen LogP) is 9.25. The average Bonchev–Trinajstić information content (AvgIpc) is 3.49. The molecule has 4 rings (SSSR count). The van der Waals surface area contributed by atoms with Gasteiger partial charge in [0.25, 0.3) is 0 Å². The van der Waals surface area contributed by atoms with Gasteiger partial charge in [-0.25, -0.2) is 4.98 Å². The number of allylic oxidation sites excluding steroid dienone is 1. The number of nitriles is 1. The second-order valence-corrected chi connectivity index (χ2v) is 10.5. The van der Waals surface area contributed by atoms with E-state index in [1.807, 2.05) is 42.5 Å². The molecule has 0 saturated heterocycles. The first kappa shape index (κ1) is 26.5. The number of ether oxygens (including phenoxy) is 1. The third-order valence-corrected chi connectivity index (χ3v) is 7.91. The highest BCUT2D eigenvalue weighted by Crippen LogP contribution is 2.36. The number of rotatable bonds is 12. The standard InChI is InChI=1S/C29H31N5OS2/c1-4-7-8-17-35-25-15-9-21(10-16-25)22(20-30)18-26-19-27-28(36-26)31-29(37-27)33-32-23-11-13-24(14-12-23)34(5-2)6-3/h9-16,18-19H,4-8,17H2,1-3H3/b22-18+,33-32?. The molecule has 0 aliphatic carbocycles. The average molecular weight is 530 g/mol. The fourth-order valence-electron chi connectivity index (χ4n) is 3.87. The van der Waals surface area contributed by atoms with E-state index in [1.165, 1.54) is 29.9 Å². The van der Waals surface area contributed by atoms with Gasteiger partial charge in [-0.3, -0.25) is 0 Å². The van der Waals surface area contributed by atoms with Crippen molar-refractivity contribution in [2.24, 2.45) is 10.2 Å². The number of unbranched alkanes of at least 4 members (excludes halogenated alkanes) is 2. The van der Waals surface area contributed by atoms with Crippen LogP contribution in [0, 0.1) is 11.3 Å². The molecular weight excluding hydrogens is 498 g/mol. The number of anilines is 1. The summed E-state index contributed by atoms with van der Waals surface area (Å²) in [5, 5.41) is 19.1. The molecular formula is C29H31N5OS2. The Balaban J connectivity index is 1.42. The van der Waals surface area contributed by atoms with Crippen molar-refractivity contribution in [1.29, 1.82) is 5.26 Å². The van der Waals surface area contributed by atoms with Crippen molar-refractivity contribution in [3.05, 3.63) is 65.0 Å². The first-order valence-electron chi connectivity index (χ1n) is 12.7. The fraction of sp³-hybridized carbons (Fsp3) is 0.310. The second-order valence-electron chi connectivity index (χ2n) is 8.45. The molecule has 0 saturated carbocycles. The normalized spacial score (nSPS) is 11.8. The van der Waals surface area contributed by atoms with E-state index in [4.69, 9.17) is 4.74 Å². The zero-order chi connectivity index (χ0) is 26.0. The maximum absolute atomic E-state index is 9.75. The summed E-state index contributed by atoms with van der Waals surface area (Å²) < 4.78 is 6.82. The second kappa shape index (κ2) is 13.1. The predicted molar refractivity (Wildman–Crippen MR) is 157 cm³/mol. The van der Waals surface area contributed by atoms with Crippen LogP contribution in [0.2, 0.25) is 0 Å². The van der Waals surface area contributed by atoms with E-state index in [-0.39, 0.29) is 0 Å². The molecule has 0 aliphatic heterocycles. The third kappa shape index (κ3) is 7.03. The van der Waals surface area contributed by atoms with Crippen molar-refractivity contribution >= 4 is 60.4 Å². The number of thiophene rings is 1. The first-order valence-corrected chi connectivity index (χ1v) is 14.3. The van der Waals surface area contributed by atoms with Crippen molar-refractivity contribution < 1.29 is 4.74 Å². The molecule has 0 radical (unpaired) electrons. The number of thiazole rings is 1. The Kier molecular flexibility index (Phi) is 9.41. The van der Waals surface area contributed by atoms with Gasteiger partial charge < -0.3 is 9.64 Å². The van der Waals surface area contributed by atoms with Crippen molar-refractivity contribution in [2.45, 2.75) is 40.0 Å². The number of aromatic nitrogens is 1. The molecule has 0 fully saturated rings. The summed E-state index contributed by atoms with van der Waals surface area (Å²) in [6.45, 7) is 9.14. The van der Waals surface area contributed by atoms with Crippen LogP contribution in [0.15, 0.2) is 64.8 Å². The van der Waals surface area contributed by atoms with Crippen LogP contribution in [0.25, 0.3) is 21.2 Å². The summed E-state index contributed by atoms with van der Waals surface area (Å²) in [4.78, 5) is 8.79. The van der Waals surface area contributed by atoms with Crippen LogP contribution in [-0.4, -0.2) is 24.7 Å². The minimum atomic E-state index is 0.611. The Morgan fingerprint density at radius 3 is 2.41 bits per heavy atom. The molecule has 0 aliphatic rings. The monoisotopic (exact) mass is 529 g/mol. The number of fused-ring (bicyclic) bond motifs is 1. The number of hydrogen-bond acceptors (Lipinski definition) is 8. The molecule has 0 N–H and O–H groups in total. The van der Waals surface area contributed by atoms with E-state index >= 15 is 0 Å². The summed E-state index contributed by atoms with van der Waals surface area (Å²) in [5.74, 6) is 0.833. The number of nitrogens with zero attached hydrogens (tertiary/aromatic N) is 5. The Bertz CT molecular complexity index is 1360. The Morgan fingerprint density at radius 2 is 1.76 bits per heavy atom. The molecule has 0 spiro atoms. The zero-order valence-electron chi connectivity index (χ0n) is 21.5. The maximum atomic E-state index is 9.75.